The van der Waals surface area contributed by atoms with Gasteiger partial charge in [-0.15, -0.1) is 0 Å². The maximum Gasteiger partial charge on any atom is 0.335 e. The van der Waals surface area contributed by atoms with Crippen molar-refractivity contribution in [3.63, 3.8) is 0 Å². The van der Waals surface area contributed by atoms with Crippen LogP contribution < -0.4 is 9.47 Å². The average molecular weight is 787 g/mol. The van der Waals surface area contributed by atoms with Crippen molar-refractivity contribution in [3.05, 3.63) is 86.2 Å². The number of morpholine rings is 2. The highest BCUT2D eigenvalue weighted by molar-refractivity contribution is 8.26. The van der Waals surface area contributed by atoms with Crippen LogP contribution in [0, 0.1) is 0 Å². The lowest BCUT2D eigenvalue weighted by atomic mass is 10.0. The van der Waals surface area contributed by atoms with E-state index in [2.05, 4.69) is 9.80 Å². The highest BCUT2D eigenvalue weighted by Gasteiger charge is 2.32. The summed E-state index contributed by atoms with van der Waals surface area (Å²) in [5.41, 5.74) is 3.44. The van der Waals surface area contributed by atoms with E-state index in [1.54, 1.807) is 35.2 Å². The summed E-state index contributed by atoms with van der Waals surface area (Å²) >= 11 is 19.7. The van der Waals surface area contributed by atoms with E-state index < -0.39 is 5.97 Å². The van der Waals surface area contributed by atoms with E-state index in [-0.39, 0.29) is 11.5 Å². The Balaban J connectivity index is 1.12. The molecule has 14 heteroatoms. The molecule has 6 rings (SSSR count). The van der Waals surface area contributed by atoms with Crippen LogP contribution in [0.4, 0.5) is 0 Å². The molecule has 10 nitrogen and oxygen atoms in total. The third kappa shape index (κ3) is 10.3. The molecule has 3 saturated heterocycles. The lowest BCUT2D eigenvalue weighted by molar-refractivity contribution is -0.122. The Morgan fingerprint density at radius 1 is 0.865 bits per heavy atom. The van der Waals surface area contributed by atoms with Gasteiger partial charge in [0.2, 0.25) is 0 Å². The fraction of sp³-hybridized carbons (Fsp3) is 0.395. The van der Waals surface area contributed by atoms with Gasteiger partial charge in [-0.25, -0.2) is 4.79 Å². The Labute approximate surface area is 323 Å². The third-order valence-corrected chi connectivity index (χ3v) is 10.9. The van der Waals surface area contributed by atoms with Crippen molar-refractivity contribution in [2.45, 2.75) is 19.4 Å². The van der Waals surface area contributed by atoms with Gasteiger partial charge in [-0.1, -0.05) is 59.3 Å². The van der Waals surface area contributed by atoms with Crippen LogP contribution in [0.2, 0.25) is 10.0 Å². The zero-order valence-electron chi connectivity index (χ0n) is 28.7. The Morgan fingerprint density at radius 2 is 1.54 bits per heavy atom. The van der Waals surface area contributed by atoms with Gasteiger partial charge in [-0.3, -0.25) is 19.5 Å². The number of hydrogen-bond acceptors (Lipinski definition) is 10. The molecular weight excluding hydrogens is 745 g/mol. The molecule has 52 heavy (non-hydrogen) atoms. The number of amides is 1. The summed E-state index contributed by atoms with van der Waals surface area (Å²) in [6.45, 7) is 8.85. The number of ether oxygens (including phenoxy) is 4. The molecule has 276 valence electrons. The van der Waals surface area contributed by atoms with Crippen LogP contribution >= 0.6 is 47.2 Å². The lowest BCUT2D eigenvalue weighted by Gasteiger charge is -2.27. The zero-order chi connectivity index (χ0) is 36.5. The standard InChI is InChI=1S/C38H41Cl2N3O7S2/c39-30-5-6-31(32(40)24-30)26-3-7-33(49-15-1-9-41-11-17-47-18-12-41)28(21-26)23-35-36(44)43(38(51)52-35)10-2-16-50-34-8-4-27(37(45)46)22-29(34)25-42-13-19-48-20-14-42/h3-8,21-24H,1-2,9-20,25H2,(H,45,46)/b35-23-. The second-order valence-corrected chi connectivity index (χ2v) is 15.1. The van der Waals surface area contributed by atoms with Crippen molar-refractivity contribution in [2.24, 2.45) is 0 Å². The number of carbonyl (C=O) groups excluding carboxylic acids is 1. The third-order valence-electron chi connectivity index (χ3n) is 8.98. The molecule has 3 aliphatic rings. The molecule has 3 aromatic rings. The predicted octanol–water partition coefficient (Wildman–Crippen LogP) is 6.96. The van der Waals surface area contributed by atoms with E-state index in [0.717, 1.165) is 74.6 Å². The molecule has 1 amide bonds. The van der Waals surface area contributed by atoms with Crippen molar-refractivity contribution < 1.29 is 33.6 Å². The quantitative estimate of drug-likeness (QED) is 0.0984. The number of aromatic carboxylic acids is 1. The highest BCUT2D eigenvalue weighted by Crippen LogP contribution is 2.38. The largest absolute Gasteiger partial charge is 0.493 e. The summed E-state index contributed by atoms with van der Waals surface area (Å²) in [5, 5.41) is 10.6. The number of carboxylic acid groups (broad SMARTS) is 1. The van der Waals surface area contributed by atoms with Gasteiger partial charge in [0.25, 0.3) is 5.91 Å². The molecule has 0 spiro atoms. The molecule has 0 unspecified atom stereocenters. The summed E-state index contributed by atoms with van der Waals surface area (Å²) in [6, 6.07) is 16.1. The van der Waals surface area contributed by atoms with Crippen LogP contribution in [-0.2, 0) is 20.8 Å². The number of halogens is 2. The van der Waals surface area contributed by atoms with E-state index in [9.17, 15) is 14.7 Å². The maximum absolute atomic E-state index is 13.7. The molecule has 3 aromatic carbocycles. The Morgan fingerprint density at radius 3 is 2.25 bits per heavy atom. The van der Waals surface area contributed by atoms with Gasteiger partial charge in [-0.05, 0) is 66.9 Å². The topological polar surface area (TPSA) is 101 Å². The van der Waals surface area contributed by atoms with E-state index in [1.807, 2.05) is 30.3 Å². The van der Waals surface area contributed by atoms with Crippen molar-refractivity contribution in [1.29, 1.82) is 0 Å². The highest BCUT2D eigenvalue weighted by atomic mass is 35.5. The molecule has 0 saturated carbocycles. The number of rotatable bonds is 15. The van der Waals surface area contributed by atoms with E-state index in [0.29, 0.717) is 76.7 Å². The van der Waals surface area contributed by atoms with Crippen LogP contribution in [0.5, 0.6) is 11.5 Å². The van der Waals surface area contributed by atoms with Crippen LogP contribution in [0.1, 0.15) is 34.3 Å². The summed E-state index contributed by atoms with van der Waals surface area (Å²) in [6.07, 6.45) is 3.22. The Hall–Kier alpha value is -3.20. The van der Waals surface area contributed by atoms with Gasteiger partial charge in [-0.2, -0.15) is 0 Å². The minimum absolute atomic E-state index is 0.179. The number of benzene rings is 3. The number of hydrogen-bond donors (Lipinski definition) is 1. The molecule has 0 aliphatic carbocycles. The summed E-state index contributed by atoms with van der Waals surface area (Å²) in [7, 11) is 0. The van der Waals surface area contributed by atoms with Gasteiger partial charge >= 0.3 is 5.97 Å². The first-order chi connectivity index (χ1) is 25.2. The number of nitrogens with zero attached hydrogens (tertiary/aromatic N) is 3. The maximum atomic E-state index is 13.7. The molecule has 0 atom stereocenters. The fourth-order valence-electron chi connectivity index (χ4n) is 6.19. The first kappa shape index (κ1) is 38.5. The van der Waals surface area contributed by atoms with Gasteiger partial charge < -0.3 is 24.1 Å². The van der Waals surface area contributed by atoms with Crippen molar-refractivity contribution in [1.82, 2.24) is 14.7 Å². The Bertz CT molecular complexity index is 1800. The smallest absolute Gasteiger partial charge is 0.335 e. The molecule has 3 fully saturated rings. The fourth-order valence-corrected chi connectivity index (χ4v) is 8.01. The number of carbonyl (C=O) groups is 2. The van der Waals surface area contributed by atoms with E-state index in [4.69, 9.17) is 54.4 Å². The lowest BCUT2D eigenvalue weighted by Crippen LogP contribution is -2.37. The van der Waals surface area contributed by atoms with Gasteiger partial charge in [0.05, 0.1) is 50.1 Å². The number of thiocarbonyl (C=S) groups is 1. The summed E-state index contributed by atoms with van der Waals surface area (Å²) < 4.78 is 23.8. The zero-order valence-corrected chi connectivity index (χ0v) is 31.8. The first-order valence-electron chi connectivity index (χ1n) is 17.3. The van der Waals surface area contributed by atoms with Crippen LogP contribution in [0.25, 0.3) is 17.2 Å². The molecule has 0 aromatic heterocycles. The van der Waals surface area contributed by atoms with E-state index >= 15 is 0 Å². The minimum Gasteiger partial charge on any atom is -0.493 e. The predicted molar refractivity (Wildman–Crippen MR) is 209 cm³/mol. The van der Waals surface area contributed by atoms with Crippen molar-refractivity contribution >= 4 is 69.5 Å². The first-order valence-corrected chi connectivity index (χ1v) is 19.3. The van der Waals surface area contributed by atoms with Crippen LogP contribution in [0.3, 0.4) is 0 Å². The molecular formula is C38H41Cl2N3O7S2. The van der Waals surface area contributed by atoms with Crippen LogP contribution in [-0.4, -0.2) is 115 Å². The SMILES string of the molecule is O=C(O)c1ccc(OCCCN2C(=O)/C(=C/c3cc(-c4ccc(Cl)cc4Cl)ccc3OCCCN3CCOCC3)SC2=S)c(CN2CCOCC2)c1. The molecule has 3 aliphatic heterocycles. The van der Waals surface area contributed by atoms with Crippen molar-refractivity contribution in [3.8, 4) is 22.6 Å². The van der Waals surface area contributed by atoms with E-state index in [1.165, 1.54) is 11.8 Å². The molecule has 3 heterocycles. The average Bonchev–Trinajstić information content (AvgIpc) is 3.41. The number of thioether (sulfide) groups is 1. The van der Waals surface area contributed by atoms with Gasteiger partial charge in [0.1, 0.15) is 15.8 Å². The monoisotopic (exact) mass is 785 g/mol. The Kier molecular flexibility index (Phi) is 13.9. The second-order valence-electron chi connectivity index (χ2n) is 12.6. The summed E-state index contributed by atoms with van der Waals surface area (Å²) in [5.74, 6) is 0.123. The number of carboxylic acids is 1. The summed E-state index contributed by atoms with van der Waals surface area (Å²) in [4.78, 5) is 32.0. The molecule has 0 radical (unpaired) electrons. The van der Waals surface area contributed by atoms with Crippen molar-refractivity contribution in [2.75, 3.05) is 78.9 Å². The van der Waals surface area contributed by atoms with Gasteiger partial charge in [0.15, 0.2) is 0 Å². The minimum atomic E-state index is -0.986. The van der Waals surface area contributed by atoms with Crippen LogP contribution in [0.15, 0.2) is 59.5 Å². The normalized spacial score (nSPS) is 18.0. The van der Waals surface area contributed by atoms with Gasteiger partial charge in [0, 0.05) is 72.5 Å². The second kappa shape index (κ2) is 18.7. The molecule has 0 bridgehead atoms. The molecule has 1 N–H and O–H groups in total.